The summed E-state index contributed by atoms with van der Waals surface area (Å²) < 4.78 is 73.1. The largest absolute Gasteiger partial charge is 0.379 e. The number of unbranched alkanes of at least 4 members (excludes halogenated alkanes) is 1. The van der Waals surface area contributed by atoms with E-state index in [-0.39, 0.29) is 44.9 Å². The summed E-state index contributed by atoms with van der Waals surface area (Å²) in [6.45, 7) is 9.56. The topological polar surface area (TPSA) is 324 Å². The van der Waals surface area contributed by atoms with Gasteiger partial charge >= 0.3 is 23.6 Å². The Morgan fingerprint density at radius 1 is 0.471 bits per heavy atom. The van der Waals surface area contributed by atoms with E-state index in [1.54, 1.807) is 30.5 Å². The van der Waals surface area contributed by atoms with Gasteiger partial charge < -0.3 is 30.7 Å². The van der Waals surface area contributed by atoms with Gasteiger partial charge in [-0.2, -0.15) is 0 Å². The number of nitrogens with one attached hydrogen (secondary N) is 10. The molecule has 0 atom stereocenters. The number of nitrogens with zero attached hydrogens (tertiary/aromatic N) is 4. The Kier molecular flexibility index (Phi) is 23.4. The van der Waals surface area contributed by atoms with Crippen LogP contribution in [-0.4, -0.2) is 141 Å². The number of amides is 6. The molecule has 4 heterocycles. The summed E-state index contributed by atoms with van der Waals surface area (Å²) in [6.07, 6.45) is 10.2. The quantitative estimate of drug-likeness (QED) is 0.0146. The van der Waals surface area contributed by atoms with Crippen molar-refractivity contribution >= 4 is 89.6 Å². The molecular weight excluding hydrogens is 1160 g/mol. The Bertz CT molecular complexity index is 3570. The molecule has 6 aromatic rings. The molecule has 2 saturated heterocycles. The normalized spacial score (nSPS) is 13.7. The van der Waals surface area contributed by atoms with Crippen molar-refractivity contribution < 1.29 is 64.2 Å². The Labute approximate surface area is 504 Å². The Hall–Kier alpha value is -9.06. The summed E-state index contributed by atoms with van der Waals surface area (Å²) in [5.41, 5.74) is 12.8. The van der Waals surface area contributed by atoms with Gasteiger partial charge in [-0.05, 0) is 123 Å². The lowest BCUT2D eigenvalue weighted by Gasteiger charge is -2.26. The predicted molar refractivity (Wildman–Crippen MR) is 323 cm³/mol. The fourth-order valence-electron chi connectivity index (χ4n) is 9.14. The van der Waals surface area contributed by atoms with Gasteiger partial charge in [0, 0.05) is 92.6 Å². The van der Waals surface area contributed by atoms with Crippen molar-refractivity contribution in [3.63, 3.8) is 0 Å². The number of carbonyl (C=O) groups excluding carboxylic acids is 6. The molecule has 2 aliphatic rings. The van der Waals surface area contributed by atoms with Crippen LogP contribution < -0.4 is 61.5 Å². The van der Waals surface area contributed by atoms with E-state index in [9.17, 15) is 45.6 Å². The predicted octanol–water partition coefficient (Wildman–Crippen LogP) is 2.34. The second kappa shape index (κ2) is 31.9. The molecule has 0 saturated carbocycles. The number of rotatable bonds is 28. The van der Waals surface area contributed by atoms with Crippen LogP contribution in [0.2, 0.25) is 0 Å². The van der Waals surface area contributed by atoms with Crippen molar-refractivity contribution in [2.45, 2.75) is 55.0 Å². The molecule has 8 rings (SSSR count). The van der Waals surface area contributed by atoms with E-state index >= 15 is 0 Å². The highest BCUT2D eigenvalue weighted by Crippen LogP contribution is 2.23. The number of hydrazine groups is 2. The van der Waals surface area contributed by atoms with E-state index in [4.69, 9.17) is 9.47 Å². The number of sulfonamides is 2. The first-order valence-electron chi connectivity index (χ1n) is 28.4. The van der Waals surface area contributed by atoms with Crippen LogP contribution in [0.25, 0.3) is 0 Å². The molecule has 460 valence electrons. The summed E-state index contributed by atoms with van der Waals surface area (Å²) in [5, 5.41) is 10.8. The Balaban J connectivity index is 0.722. The molecular formula is C59H72N14O12S2+2. The highest BCUT2D eigenvalue weighted by atomic mass is 32.2. The standard InChI is InChI=1S/C59H70N14O12S2/c74-54(62-50-11-3-13-52(40-50)86(80,81)68-48-19-15-46(16-20-48)64-66-58(78)56(76)60-23-7-29-70-31-35-84-36-32-70)39-44-9-5-27-72(42-44)25-1-2-26-73-28-6-10-45(43-73)55(75)63-51-12-4-14-53(41-51)87(82,83)69-49-21-17-47(18-22-49)65-67-59(79)57(77)61-24-8-30-71-33-37-85-38-34-71/h3-6,9-22,27-28,40-43H,1-2,7-8,23-26,29-39H2,(H8-2,60,61,62,63,64,65,66,67,68,69,74,75,76,77,78,79)/p+2. The summed E-state index contributed by atoms with van der Waals surface area (Å²) in [4.78, 5) is 80.0. The number of aryl methyl sites for hydroxylation is 2. The first-order chi connectivity index (χ1) is 42.0. The van der Waals surface area contributed by atoms with E-state index in [1.165, 1.54) is 84.9 Å². The summed E-state index contributed by atoms with van der Waals surface area (Å²) in [7, 11) is -8.18. The lowest BCUT2D eigenvalue weighted by molar-refractivity contribution is -0.708. The van der Waals surface area contributed by atoms with Gasteiger partial charge in [0.2, 0.25) is 5.91 Å². The van der Waals surface area contributed by atoms with Crippen LogP contribution in [0.1, 0.15) is 41.6 Å². The van der Waals surface area contributed by atoms with Crippen molar-refractivity contribution in [3.05, 3.63) is 157 Å². The van der Waals surface area contributed by atoms with Crippen molar-refractivity contribution in [2.24, 2.45) is 0 Å². The average molecular weight is 1230 g/mol. The molecule has 0 bridgehead atoms. The number of morpholine rings is 2. The molecule has 0 spiro atoms. The number of benzene rings is 4. The van der Waals surface area contributed by atoms with Gasteiger partial charge in [-0.15, -0.1) is 0 Å². The van der Waals surface area contributed by atoms with E-state index in [0.717, 1.165) is 57.7 Å². The highest BCUT2D eigenvalue weighted by Gasteiger charge is 2.21. The number of hydrogen-bond donors (Lipinski definition) is 10. The molecule has 28 heteroatoms. The van der Waals surface area contributed by atoms with Gasteiger partial charge in [-0.1, -0.05) is 12.1 Å². The molecule has 0 radical (unpaired) electrons. The molecule has 0 aliphatic carbocycles. The van der Waals surface area contributed by atoms with Crippen LogP contribution in [0, 0.1) is 0 Å². The van der Waals surface area contributed by atoms with Crippen molar-refractivity contribution in [2.75, 3.05) is 110 Å². The third-order valence-corrected chi connectivity index (χ3v) is 16.5. The fourth-order valence-corrected chi connectivity index (χ4v) is 11.4. The third-order valence-electron chi connectivity index (χ3n) is 13.7. The molecule has 4 aromatic carbocycles. The molecule has 2 aliphatic heterocycles. The minimum atomic E-state index is -4.10. The van der Waals surface area contributed by atoms with E-state index in [0.29, 0.717) is 82.4 Å². The Morgan fingerprint density at radius 2 is 0.920 bits per heavy atom. The number of hydrogen-bond acceptors (Lipinski definition) is 16. The van der Waals surface area contributed by atoms with Crippen LogP contribution in [0.4, 0.5) is 34.1 Å². The first-order valence-corrected chi connectivity index (χ1v) is 31.3. The number of anilines is 6. The van der Waals surface area contributed by atoms with Gasteiger partial charge in [-0.3, -0.25) is 69.7 Å². The van der Waals surface area contributed by atoms with Crippen LogP contribution in [0.3, 0.4) is 0 Å². The SMILES string of the molecule is O=C(Cc1ccc[n+](CCCC[n+]2cccc(C(=O)Nc3cccc(S(=O)(=O)Nc4ccc(NNC(=O)C(=O)NCCCN5CCOCC5)cc4)c3)c2)c1)Nc1cccc(S(=O)(=O)Nc2ccc(NNC(=O)C(=O)NCCCN3CCOCC3)cc2)c1. The second-order valence-corrected chi connectivity index (χ2v) is 23.7. The minimum Gasteiger partial charge on any atom is -0.379 e. The molecule has 0 unspecified atom stereocenters. The van der Waals surface area contributed by atoms with Crippen molar-refractivity contribution in [3.8, 4) is 0 Å². The average Bonchev–Trinajstić information content (AvgIpc) is 3.15. The molecule has 6 amide bonds. The first kappa shape index (κ1) is 63.9. The van der Waals surface area contributed by atoms with E-state index < -0.39 is 49.6 Å². The summed E-state index contributed by atoms with van der Waals surface area (Å²) in [6, 6.07) is 30.8. The molecule has 87 heavy (non-hydrogen) atoms. The van der Waals surface area contributed by atoms with E-state index in [1.807, 2.05) is 39.9 Å². The van der Waals surface area contributed by atoms with Crippen LogP contribution in [0.5, 0.6) is 0 Å². The van der Waals surface area contributed by atoms with Gasteiger partial charge in [0.15, 0.2) is 24.8 Å². The number of pyridine rings is 2. The summed E-state index contributed by atoms with van der Waals surface area (Å²) in [5.74, 6) is -4.12. The molecule has 10 N–H and O–H groups in total. The van der Waals surface area contributed by atoms with Crippen molar-refractivity contribution in [1.29, 1.82) is 0 Å². The van der Waals surface area contributed by atoms with Crippen LogP contribution in [0.15, 0.2) is 156 Å². The maximum Gasteiger partial charge on any atom is 0.327 e. The smallest absolute Gasteiger partial charge is 0.327 e. The monoisotopic (exact) mass is 1230 g/mol. The van der Waals surface area contributed by atoms with Gasteiger partial charge in [0.05, 0.1) is 54.0 Å². The van der Waals surface area contributed by atoms with E-state index in [2.05, 4.69) is 62.2 Å². The summed E-state index contributed by atoms with van der Waals surface area (Å²) >= 11 is 0. The second-order valence-electron chi connectivity index (χ2n) is 20.4. The number of ether oxygens (including phenoxy) is 2. The van der Waals surface area contributed by atoms with Crippen LogP contribution >= 0.6 is 0 Å². The number of carbonyl (C=O) groups is 6. The zero-order valence-electron chi connectivity index (χ0n) is 47.8. The molecule has 2 fully saturated rings. The fraction of sp³-hybridized carbons (Fsp3) is 0.322. The Morgan fingerprint density at radius 3 is 1.41 bits per heavy atom. The minimum absolute atomic E-state index is 0.0252. The third kappa shape index (κ3) is 20.9. The van der Waals surface area contributed by atoms with Gasteiger partial charge in [-0.25, -0.2) is 26.0 Å². The zero-order valence-corrected chi connectivity index (χ0v) is 49.4. The van der Waals surface area contributed by atoms with Crippen LogP contribution in [-0.2, 0) is 73.0 Å². The lowest BCUT2D eigenvalue weighted by Crippen LogP contribution is -2.43. The van der Waals surface area contributed by atoms with Gasteiger partial charge in [0.25, 0.3) is 26.0 Å². The van der Waals surface area contributed by atoms with Crippen molar-refractivity contribution in [1.82, 2.24) is 31.3 Å². The molecule has 26 nitrogen and oxygen atoms in total. The number of aromatic nitrogens is 2. The highest BCUT2D eigenvalue weighted by molar-refractivity contribution is 7.93. The molecule has 2 aromatic heterocycles. The zero-order chi connectivity index (χ0) is 61.4. The maximum atomic E-state index is 13.4. The maximum absolute atomic E-state index is 13.4. The van der Waals surface area contributed by atoms with Gasteiger partial charge in [0.1, 0.15) is 18.7 Å². The lowest BCUT2D eigenvalue weighted by atomic mass is 10.2.